The van der Waals surface area contributed by atoms with E-state index in [0.717, 1.165) is 28.1 Å². The third kappa shape index (κ3) is 3.79. The first-order valence-electron chi connectivity index (χ1n) is 7.23. The summed E-state index contributed by atoms with van der Waals surface area (Å²) in [4.78, 5) is 12.1. The van der Waals surface area contributed by atoms with E-state index in [0.29, 0.717) is 5.69 Å². The van der Waals surface area contributed by atoms with E-state index in [1.165, 1.54) is 5.56 Å². The Labute approximate surface area is 131 Å². The van der Waals surface area contributed by atoms with Crippen LogP contribution in [-0.4, -0.2) is 12.5 Å². The topological polar surface area (TPSA) is 64.3 Å². The molecule has 4 nitrogen and oxygen atoms in total. The molecule has 1 amide bonds. The maximum Gasteiger partial charge on any atom is 0.262 e. The van der Waals surface area contributed by atoms with E-state index in [1.807, 2.05) is 58.0 Å². The Kier molecular flexibility index (Phi) is 4.71. The molecule has 0 saturated heterocycles. The lowest BCUT2D eigenvalue weighted by Crippen LogP contribution is -2.21. The lowest BCUT2D eigenvalue weighted by molar-refractivity contribution is -0.118. The molecule has 0 atom stereocenters. The van der Waals surface area contributed by atoms with Crippen LogP contribution in [0, 0.1) is 27.7 Å². The summed E-state index contributed by atoms with van der Waals surface area (Å²) in [6, 6.07) is 9.56. The number of anilines is 2. The Hall–Kier alpha value is -2.49. The van der Waals surface area contributed by atoms with Crippen LogP contribution < -0.4 is 15.8 Å². The minimum Gasteiger partial charge on any atom is -0.483 e. The maximum atomic E-state index is 12.1. The highest BCUT2D eigenvalue weighted by atomic mass is 16.5. The van der Waals surface area contributed by atoms with Crippen LogP contribution in [0.4, 0.5) is 11.4 Å². The zero-order chi connectivity index (χ0) is 16.3. The van der Waals surface area contributed by atoms with Crippen molar-refractivity contribution < 1.29 is 9.53 Å². The molecule has 0 aliphatic heterocycles. The predicted molar refractivity (Wildman–Crippen MR) is 90.4 cm³/mol. The minimum atomic E-state index is -0.184. The summed E-state index contributed by atoms with van der Waals surface area (Å²) in [5, 5.41) is 2.89. The van der Waals surface area contributed by atoms with Crippen molar-refractivity contribution in [1.82, 2.24) is 0 Å². The number of nitrogens with two attached hydrogens (primary N) is 1. The van der Waals surface area contributed by atoms with Crippen LogP contribution in [-0.2, 0) is 4.79 Å². The average Bonchev–Trinajstić information content (AvgIpc) is 2.42. The van der Waals surface area contributed by atoms with Crippen LogP contribution in [0.1, 0.15) is 22.3 Å². The van der Waals surface area contributed by atoms with Gasteiger partial charge in [0.15, 0.2) is 6.61 Å². The molecule has 3 N–H and O–H groups in total. The molecule has 0 aromatic heterocycles. The Morgan fingerprint density at radius 2 is 1.68 bits per heavy atom. The van der Waals surface area contributed by atoms with Crippen LogP contribution in [0.5, 0.6) is 5.75 Å². The van der Waals surface area contributed by atoms with Crippen LogP contribution in [0.3, 0.4) is 0 Å². The molecule has 0 bridgehead atoms. The molecule has 22 heavy (non-hydrogen) atoms. The van der Waals surface area contributed by atoms with E-state index in [9.17, 15) is 4.79 Å². The highest BCUT2D eigenvalue weighted by molar-refractivity contribution is 5.93. The van der Waals surface area contributed by atoms with Crippen molar-refractivity contribution in [1.29, 1.82) is 0 Å². The molecule has 0 unspecified atom stereocenters. The fourth-order valence-corrected chi connectivity index (χ4v) is 2.47. The molecule has 2 aromatic carbocycles. The van der Waals surface area contributed by atoms with Gasteiger partial charge in [0.05, 0.1) is 0 Å². The summed E-state index contributed by atoms with van der Waals surface area (Å²) in [5.41, 5.74) is 11.3. The molecule has 2 aromatic rings. The summed E-state index contributed by atoms with van der Waals surface area (Å²) in [5.74, 6) is 0.544. The Balaban J connectivity index is 2.02. The van der Waals surface area contributed by atoms with Gasteiger partial charge in [0, 0.05) is 11.4 Å². The summed E-state index contributed by atoms with van der Waals surface area (Å²) in [6.07, 6.45) is 0. The second kappa shape index (κ2) is 6.52. The van der Waals surface area contributed by atoms with Crippen molar-refractivity contribution in [2.75, 3.05) is 17.7 Å². The van der Waals surface area contributed by atoms with Crippen molar-refractivity contribution in [2.45, 2.75) is 27.7 Å². The van der Waals surface area contributed by atoms with E-state index in [4.69, 9.17) is 10.5 Å². The normalized spacial score (nSPS) is 10.4. The summed E-state index contributed by atoms with van der Waals surface area (Å²) in [6.45, 7) is 7.81. The highest BCUT2D eigenvalue weighted by Gasteiger charge is 2.10. The molecule has 0 heterocycles. The lowest BCUT2D eigenvalue weighted by Gasteiger charge is -2.14. The van der Waals surface area contributed by atoms with Gasteiger partial charge in [0.1, 0.15) is 5.75 Å². The van der Waals surface area contributed by atoms with Gasteiger partial charge >= 0.3 is 0 Å². The lowest BCUT2D eigenvalue weighted by atomic mass is 10.1. The molecule has 0 aliphatic carbocycles. The molecule has 0 radical (unpaired) electrons. The third-order valence-electron chi connectivity index (χ3n) is 3.51. The molecular weight excluding hydrogens is 276 g/mol. The van der Waals surface area contributed by atoms with Gasteiger partial charge in [-0.1, -0.05) is 17.7 Å². The number of carbonyl (C=O) groups is 1. The molecule has 0 fully saturated rings. The number of amides is 1. The van der Waals surface area contributed by atoms with E-state index in [1.54, 1.807) is 0 Å². The first-order chi connectivity index (χ1) is 10.4. The fourth-order valence-electron chi connectivity index (χ4n) is 2.47. The van der Waals surface area contributed by atoms with Crippen LogP contribution in [0.25, 0.3) is 0 Å². The van der Waals surface area contributed by atoms with Gasteiger partial charge in [-0.25, -0.2) is 0 Å². The number of aryl methyl sites for hydroxylation is 4. The molecule has 4 heteroatoms. The third-order valence-corrected chi connectivity index (χ3v) is 3.51. The quantitative estimate of drug-likeness (QED) is 0.849. The Bertz CT molecular complexity index is 685. The number of rotatable bonds is 4. The van der Waals surface area contributed by atoms with Gasteiger partial charge in [-0.3, -0.25) is 4.79 Å². The second-order valence-electron chi connectivity index (χ2n) is 5.64. The number of ether oxygens (including phenoxy) is 1. The monoisotopic (exact) mass is 298 g/mol. The standard InChI is InChI=1S/C18H22N2O2/c1-11-5-6-16(12(2)7-11)22-10-17(21)20-18-13(3)8-15(19)9-14(18)4/h5-9H,10,19H2,1-4H3,(H,20,21). The smallest absolute Gasteiger partial charge is 0.262 e. The second-order valence-corrected chi connectivity index (χ2v) is 5.64. The minimum absolute atomic E-state index is 0.0207. The van der Waals surface area contributed by atoms with Gasteiger partial charge in [0.25, 0.3) is 5.91 Å². The number of carbonyl (C=O) groups excluding carboxylic acids is 1. The van der Waals surface area contributed by atoms with Crippen molar-refractivity contribution in [3.05, 3.63) is 52.6 Å². The van der Waals surface area contributed by atoms with E-state index in [-0.39, 0.29) is 12.5 Å². The van der Waals surface area contributed by atoms with Gasteiger partial charge in [-0.2, -0.15) is 0 Å². The zero-order valence-electron chi connectivity index (χ0n) is 13.5. The van der Waals surface area contributed by atoms with Crippen molar-refractivity contribution in [2.24, 2.45) is 0 Å². The van der Waals surface area contributed by atoms with Crippen molar-refractivity contribution >= 4 is 17.3 Å². The van der Waals surface area contributed by atoms with Gasteiger partial charge in [-0.15, -0.1) is 0 Å². The number of hydrogen-bond acceptors (Lipinski definition) is 3. The van der Waals surface area contributed by atoms with Gasteiger partial charge < -0.3 is 15.8 Å². The van der Waals surface area contributed by atoms with Gasteiger partial charge in [0.2, 0.25) is 0 Å². The van der Waals surface area contributed by atoms with E-state index >= 15 is 0 Å². The number of nitrogens with one attached hydrogen (secondary N) is 1. The molecule has 116 valence electrons. The number of hydrogen-bond donors (Lipinski definition) is 2. The highest BCUT2D eigenvalue weighted by Crippen LogP contribution is 2.23. The Morgan fingerprint density at radius 3 is 2.27 bits per heavy atom. The largest absolute Gasteiger partial charge is 0.483 e. The zero-order valence-corrected chi connectivity index (χ0v) is 13.5. The summed E-state index contributed by atoms with van der Waals surface area (Å²) in [7, 11) is 0. The SMILES string of the molecule is Cc1ccc(OCC(=O)Nc2c(C)cc(N)cc2C)c(C)c1. The summed E-state index contributed by atoms with van der Waals surface area (Å²) < 4.78 is 5.59. The molecule has 0 spiro atoms. The van der Waals surface area contributed by atoms with Crippen LogP contribution >= 0.6 is 0 Å². The van der Waals surface area contributed by atoms with E-state index in [2.05, 4.69) is 5.32 Å². The Morgan fingerprint density at radius 1 is 1.05 bits per heavy atom. The number of nitrogen functional groups attached to an aromatic ring is 1. The fraction of sp³-hybridized carbons (Fsp3) is 0.278. The van der Waals surface area contributed by atoms with Crippen LogP contribution in [0.2, 0.25) is 0 Å². The first kappa shape index (κ1) is 15.9. The molecule has 0 saturated carbocycles. The predicted octanol–water partition coefficient (Wildman–Crippen LogP) is 3.52. The van der Waals surface area contributed by atoms with E-state index < -0.39 is 0 Å². The molecular formula is C18H22N2O2. The average molecular weight is 298 g/mol. The van der Waals surface area contributed by atoms with Gasteiger partial charge in [-0.05, 0) is 62.6 Å². The van der Waals surface area contributed by atoms with Crippen LogP contribution in [0.15, 0.2) is 30.3 Å². The maximum absolute atomic E-state index is 12.1. The van der Waals surface area contributed by atoms with Crippen molar-refractivity contribution in [3.63, 3.8) is 0 Å². The first-order valence-corrected chi connectivity index (χ1v) is 7.23. The molecule has 2 rings (SSSR count). The number of benzene rings is 2. The van der Waals surface area contributed by atoms with Crippen molar-refractivity contribution in [3.8, 4) is 5.75 Å². The molecule has 0 aliphatic rings. The summed E-state index contributed by atoms with van der Waals surface area (Å²) >= 11 is 0.